The highest BCUT2D eigenvalue weighted by molar-refractivity contribution is 6.31. The van der Waals surface area contributed by atoms with Crippen molar-refractivity contribution in [3.8, 4) is 0 Å². The van der Waals surface area contributed by atoms with Gasteiger partial charge in [-0.05, 0) is 25.1 Å². The number of aromatic nitrogens is 1. The summed E-state index contributed by atoms with van der Waals surface area (Å²) in [6.07, 6.45) is -0.827. The molecule has 3 aromatic rings. The number of hydrogen-bond donors (Lipinski definition) is 3. The molecule has 3 N–H and O–H groups in total. The van der Waals surface area contributed by atoms with E-state index in [1.807, 2.05) is 6.07 Å². The van der Waals surface area contributed by atoms with Crippen LogP contribution in [0.5, 0.6) is 0 Å². The normalized spacial score (nSPS) is 12.1. The molecular weight excluding hydrogens is 340 g/mol. The molecule has 6 heteroatoms. The molecule has 2 aromatic carbocycles. The predicted octanol–water partition coefficient (Wildman–Crippen LogP) is 3.76. The molecule has 1 aromatic heterocycles. The molecule has 0 saturated heterocycles. The molecule has 0 bridgehead atoms. The number of amides is 1. The van der Waals surface area contributed by atoms with Crippen LogP contribution in [0.25, 0.3) is 10.9 Å². The largest absolute Gasteiger partial charge is 0.393 e. The van der Waals surface area contributed by atoms with E-state index in [2.05, 4.69) is 10.3 Å². The monoisotopic (exact) mass is 356 g/mol. The fraction of sp³-hybridized carbons (Fsp3) is 0.158. The fourth-order valence-electron chi connectivity index (χ4n) is 2.66. The second-order valence-corrected chi connectivity index (χ2v) is 6.30. The molecule has 0 aliphatic heterocycles. The number of aliphatic hydroxyl groups excluding tert-OH is 1. The van der Waals surface area contributed by atoms with E-state index in [0.29, 0.717) is 27.2 Å². The molecule has 25 heavy (non-hydrogen) atoms. The Labute approximate surface area is 149 Å². The van der Waals surface area contributed by atoms with Gasteiger partial charge in [-0.15, -0.1) is 0 Å². The summed E-state index contributed by atoms with van der Waals surface area (Å²) in [6, 6.07) is 13.9. The Bertz CT molecular complexity index is 932. The molecule has 0 radical (unpaired) electrons. The molecule has 1 atom stereocenters. The average Bonchev–Trinajstić information content (AvgIpc) is 2.91. The van der Waals surface area contributed by atoms with E-state index in [1.165, 1.54) is 6.92 Å². The van der Waals surface area contributed by atoms with Gasteiger partial charge in [0.15, 0.2) is 0 Å². The molecule has 5 nitrogen and oxygen atoms in total. The minimum atomic E-state index is -0.770. The van der Waals surface area contributed by atoms with Crippen LogP contribution in [-0.2, 0) is 4.79 Å². The molecule has 0 saturated carbocycles. The minimum absolute atomic E-state index is 0.0563. The summed E-state index contributed by atoms with van der Waals surface area (Å²) in [5.41, 5.74) is 1.83. The summed E-state index contributed by atoms with van der Waals surface area (Å²) < 4.78 is 0. The number of H-pyrrole nitrogens is 1. The maximum atomic E-state index is 12.9. The molecule has 0 fully saturated rings. The number of halogens is 1. The van der Waals surface area contributed by atoms with Crippen molar-refractivity contribution in [3.63, 3.8) is 0 Å². The summed E-state index contributed by atoms with van der Waals surface area (Å²) in [5.74, 6) is -0.603. The van der Waals surface area contributed by atoms with E-state index >= 15 is 0 Å². The van der Waals surface area contributed by atoms with Crippen LogP contribution in [0, 0.1) is 0 Å². The van der Waals surface area contributed by atoms with Gasteiger partial charge in [0, 0.05) is 21.5 Å². The van der Waals surface area contributed by atoms with Crippen LogP contribution in [0.3, 0.4) is 0 Å². The summed E-state index contributed by atoms with van der Waals surface area (Å²) >= 11 is 6.03. The van der Waals surface area contributed by atoms with Crippen LogP contribution in [0.1, 0.15) is 29.4 Å². The molecule has 1 amide bonds. The molecule has 1 unspecified atom stereocenters. The SMILES string of the molecule is CC(O)CC(=O)Nc1c(C(=O)c2ccccc2)[nH]c2cc(Cl)ccc12. The van der Waals surface area contributed by atoms with Gasteiger partial charge in [0.05, 0.1) is 18.2 Å². The fourth-order valence-corrected chi connectivity index (χ4v) is 2.83. The number of ketones is 1. The first-order valence-electron chi connectivity index (χ1n) is 7.84. The summed E-state index contributed by atoms with van der Waals surface area (Å²) in [7, 11) is 0. The number of fused-ring (bicyclic) bond motifs is 1. The van der Waals surface area contributed by atoms with Crippen molar-refractivity contribution in [2.24, 2.45) is 0 Å². The highest BCUT2D eigenvalue weighted by atomic mass is 35.5. The van der Waals surface area contributed by atoms with Gasteiger partial charge >= 0.3 is 0 Å². The number of aromatic amines is 1. The van der Waals surface area contributed by atoms with Crippen LogP contribution in [-0.4, -0.2) is 27.9 Å². The molecule has 128 valence electrons. The van der Waals surface area contributed by atoms with Crippen molar-refractivity contribution in [2.45, 2.75) is 19.4 Å². The zero-order valence-electron chi connectivity index (χ0n) is 13.5. The van der Waals surface area contributed by atoms with Gasteiger partial charge < -0.3 is 15.4 Å². The van der Waals surface area contributed by atoms with Crippen molar-refractivity contribution in [1.82, 2.24) is 4.98 Å². The van der Waals surface area contributed by atoms with Gasteiger partial charge in [0.25, 0.3) is 0 Å². The second kappa shape index (κ2) is 7.09. The standard InChI is InChI=1S/C19H17ClN2O3/c1-11(23)9-16(24)22-17-14-8-7-13(20)10-15(14)21-18(17)19(25)12-5-3-2-4-6-12/h2-8,10-11,21,23H,9H2,1H3,(H,22,24). The third-order valence-electron chi connectivity index (χ3n) is 3.77. The van der Waals surface area contributed by atoms with Crippen LogP contribution < -0.4 is 5.32 Å². The first-order chi connectivity index (χ1) is 12.0. The zero-order valence-corrected chi connectivity index (χ0v) is 14.3. The highest BCUT2D eigenvalue weighted by Crippen LogP contribution is 2.31. The smallest absolute Gasteiger partial charge is 0.227 e. The number of aliphatic hydroxyl groups is 1. The minimum Gasteiger partial charge on any atom is -0.393 e. The predicted molar refractivity (Wildman–Crippen MR) is 98.1 cm³/mol. The van der Waals surface area contributed by atoms with Crippen molar-refractivity contribution in [3.05, 3.63) is 64.8 Å². The Morgan fingerprint density at radius 2 is 1.92 bits per heavy atom. The summed E-state index contributed by atoms with van der Waals surface area (Å²) in [4.78, 5) is 28.0. The topological polar surface area (TPSA) is 82.2 Å². The van der Waals surface area contributed by atoms with E-state index in [4.69, 9.17) is 11.6 Å². The first-order valence-corrected chi connectivity index (χ1v) is 8.22. The first kappa shape index (κ1) is 17.2. The number of carbonyl (C=O) groups is 2. The molecular formula is C19H17ClN2O3. The quantitative estimate of drug-likeness (QED) is 0.609. The van der Waals surface area contributed by atoms with Crippen LogP contribution in [0.15, 0.2) is 48.5 Å². The number of benzene rings is 2. The van der Waals surface area contributed by atoms with Crippen molar-refractivity contribution in [1.29, 1.82) is 0 Å². The Kier molecular flexibility index (Phi) is 4.88. The Hall–Kier alpha value is -2.63. The third-order valence-corrected chi connectivity index (χ3v) is 4.00. The van der Waals surface area contributed by atoms with Gasteiger partial charge in [0.2, 0.25) is 11.7 Å². The lowest BCUT2D eigenvalue weighted by Crippen LogP contribution is -2.19. The second-order valence-electron chi connectivity index (χ2n) is 5.86. The number of nitrogens with one attached hydrogen (secondary N) is 2. The summed E-state index contributed by atoms with van der Waals surface area (Å²) in [5, 5.41) is 13.4. The lowest BCUT2D eigenvalue weighted by molar-refractivity contribution is -0.117. The Balaban J connectivity index is 2.08. The number of carbonyl (C=O) groups excluding carboxylic acids is 2. The van der Waals surface area contributed by atoms with Crippen LogP contribution in [0.4, 0.5) is 5.69 Å². The van der Waals surface area contributed by atoms with Crippen molar-refractivity contribution < 1.29 is 14.7 Å². The van der Waals surface area contributed by atoms with Crippen molar-refractivity contribution in [2.75, 3.05) is 5.32 Å². The van der Waals surface area contributed by atoms with E-state index in [9.17, 15) is 14.7 Å². The Morgan fingerprint density at radius 3 is 2.60 bits per heavy atom. The molecule has 0 aliphatic carbocycles. The highest BCUT2D eigenvalue weighted by Gasteiger charge is 2.21. The van der Waals surface area contributed by atoms with Crippen molar-refractivity contribution >= 4 is 39.9 Å². The third kappa shape index (κ3) is 3.73. The Morgan fingerprint density at radius 1 is 1.20 bits per heavy atom. The van der Waals surface area contributed by atoms with Crippen LogP contribution in [0.2, 0.25) is 5.02 Å². The van der Waals surface area contributed by atoms with Gasteiger partial charge in [-0.3, -0.25) is 9.59 Å². The molecule has 0 spiro atoms. The summed E-state index contributed by atoms with van der Waals surface area (Å²) in [6.45, 7) is 1.53. The van der Waals surface area contributed by atoms with E-state index in [1.54, 1.807) is 42.5 Å². The lowest BCUT2D eigenvalue weighted by atomic mass is 10.1. The number of rotatable bonds is 5. The van der Waals surface area contributed by atoms with Crippen LogP contribution >= 0.6 is 11.6 Å². The lowest BCUT2D eigenvalue weighted by Gasteiger charge is -2.08. The maximum Gasteiger partial charge on any atom is 0.227 e. The van der Waals surface area contributed by atoms with Gasteiger partial charge in [-0.2, -0.15) is 0 Å². The van der Waals surface area contributed by atoms with E-state index < -0.39 is 6.10 Å². The average molecular weight is 357 g/mol. The number of anilines is 1. The van der Waals surface area contributed by atoms with Gasteiger partial charge in [0.1, 0.15) is 5.69 Å². The molecule has 0 aliphatic rings. The van der Waals surface area contributed by atoms with Gasteiger partial charge in [-0.1, -0.05) is 41.9 Å². The zero-order chi connectivity index (χ0) is 18.0. The van der Waals surface area contributed by atoms with E-state index in [-0.39, 0.29) is 23.8 Å². The maximum absolute atomic E-state index is 12.9. The molecule has 3 rings (SSSR count). The van der Waals surface area contributed by atoms with E-state index in [0.717, 1.165) is 0 Å². The molecule has 1 heterocycles. The van der Waals surface area contributed by atoms with Gasteiger partial charge in [-0.25, -0.2) is 0 Å². The number of hydrogen-bond acceptors (Lipinski definition) is 3.